The number of hydrogen-bond donors (Lipinski definition) is 0. The second-order valence-corrected chi connectivity index (χ2v) is 93.2. The summed E-state index contributed by atoms with van der Waals surface area (Å²) in [6.45, 7) is 0. The van der Waals surface area contributed by atoms with Crippen LogP contribution in [0, 0.1) is 0 Å². The predicted octanol–water partition coefficient (Wildman–Crippen LogP) is -0.583. The van der Waals surface area contributed by atoms with E-state index < -0.39 is 1.33 Å². The van der Waals surface area contributed by atoms with Crippen molar-refractivity contribution in [2.75, 3.05) is 0 Å². The molecule has 10 heavy (non-hydrogen) atoms. The van der Waals surface area contributed by atoms with Gasteiger partial charge in [-0.2, -0.15) is 0 Å². The van der Waals surface area contributed by atoms with Gasteiger partial charge in [0, 0.05) is 0 Å². The fourth-order valence-corrected chi connectivity index (χ4v) is 0. The fourth-order valence-electron chi connectivity index (χ4n) is 0. The van der Waals surface area contributed by atoms with Gasteiger partial charge in [-0.1, -0.05) is 0 Å². The van der Waals surface area contributed by atoms with E-state index in [1.54, 1.807) is 0 Å². The quantitative estimate of drug-likeness (QED) is 0.235. The van der Waals surface area contributed by atoms with Gasteiger partial charge in [-0.3, -0.25) is 0 Å². The van der Waals surface area contributed by atoms with Crippen LogP contribution in [0.3, 0.4) is 0 Å². The summed E-state index contributed by atoms with van der Waals surface area (Å²) >= 11 is 10.1. The molecule has 0 aromatic carbocycles. The van der Waals surface area contributed by atoms with Gasteiger partial charge in [0.15, 0.2) is 0 Å². The topological polar surface area (TPSA) is 158 Å². The van der Waals surface area contributed by atoms with Crippen molar-refractivity contribution < 1.29 is 28.7 Å². The van der Waals surface area contributed by atoms with Crippen molar-refractivity contribution in [2.45, 2.75) is 0 Å². The number of rotatable bonds is 0. The van der Waals surface area contributed by atoms with E-state index >= 15 is 0 Å². The Morgan fingerprint density at radius 2 is 0.500 bits per heavy atom. The molecule has 0 heterocycles. The van der Waals surface area contributed by atoms with Crippen LogP contribution in [0.25, 0.3) is 0 Å². The molecule has 0 saturated carbocycles. The van der Waals surface area contributed by atoms with E-state index in [1.165, 1.54) is 0 Å². The summed E-state index contributed by atoms with van der Waals surface area (Å²) in [7, 11) is 0. The minimum atomic E-state index is -1.14. The average Bonchev–Trinajstić information content (AvgIpc) is 0.722. The molecule has 0 spiro atoms. The zero-order valence-electron chi connectivity index (χ0n) is 4.42. The van der Waals surface area contributed by atoms with Crippen molar-refractivity contribution in [3.05, 3.63) is 0 Å². The molecular weight excluding hydrogens is 684 g/mol. The third kappa shape index (κ3) is 106. The molecule has 10 heteroatoms. The van der Waals surface area contributed by atoms with Crippen molar-refractivity contribution in [3.8, 4) is 0 Å². The van der Waals surface area contributed by atoms with Crippen LogP contribution in [0.5, 0.6) is 0 Å². The molecule has 10 N–H and O–H groups in total. The molecular formula is H10I4MoO5. The van der Waals surface area contributed by atoms with Crippen LogP contribution in [-0.2, 0) is 1.33 Å². The van der Waals surface area contributed by atoms with Gasteiger partial charge < -0.3 is 27.4 Å². The summed E-state index contributed by atoms with van der Waals surface area (Å²) in [5.74, 6) is 0. The predicted molar refractivity (Wildman–Crippen MR) is 74.1 cm³/mol. The molecule has 5 nitrogen and oxygen atoms in total. The van der Waals surface area contributed by atoms with E-state index in [2.05, 4.69) is 77.4 Å². The molecule has 0 aliphatic heterocycles. The fraction of sp³-hybridized carbons (Fsp3) is 0. The van der Waals surface area contributed by atoms with E-state index in [4.69, 9.17) is 0 Å². The van der Waals surface area contributed by atoms with Gasteiger partial charge in [-0.15, -0.1) is 0 Å². The van der Waals surface area contributed by atoms with E-state index in [-0.39, 0.29) is 27.4 Å². The molecule has 0 saturated heterocycles. The van der Waals surface area contributed by atoms with Crippen LogP contribution in [0.2, 0.25) is 0 Å². The Labute approximate surface area is 104 Å². The zero-order valence-corrected chi connectivity index (χ0v) is 15.1. The Balaban J connectivity index is -0.00000000800. The second-order valence-electron chi connectivity index (χ2n) is 0.350. The monoisotopic (exact) mass is 696 g/mol. The first-order valence-electron chi connectivity index (χ1n) is 0.617. The van der Waals surface area contributed by atoms with Gasteiger partial charge in [-0.25, -0.2) is 0 Å². The average molecular weight is 694 g/mol. The van der Waals surface area contributed by atoms with Crippen molar-refractivity contribution in [1.29, 1.82) is 0 Å². The van der Waals surface area contributed by atoms with Crippen molar-refractivity contribution in [2.24, 2.45) is 0 Å². The molecule has 0 rings (SSSR count). The Morgan fingerprint density at radius 1 is 0.500 bits per heavy atom. The zero-order chi connectivity index (χ0) is 4.50. The van der Waals surface area contributed by atoms with Crippen LogP contribution < -0.4 is 0 Å². The SMILES string of the molecule is O.O.O.O.O.[I][Mo]([I])([I])[I]. The van der Waals surface area contributed by atoms with E-state index in [0.717, 1.165) is 0 Å². The molecule has 0 amide bonds. The van der Waals surface area contributed by atoms with Crippen LogP contribution >= 0.6 is 77.4 Å². The Bertz CT molecular complexity index is 29.1. The van der Waals surface area contributed by atoms with Gasteiger partial charge in [0.05, 0.1) is 0 Å². The Kier molecular flexibility index (Phi) is 68.6. The third-order valence-corrected chi connectivity index (χ3v) is 0. The third-order valence-electron chi connectivity index (χ3n) is 0. The summed E-state index contributed by atoms with van der Waals surface area (Å²) in [6, 6.07) is 0. The first-order valence-corrected chi connectivity index (χ1v) is 24.5. The summed E-state index contributed by atoms with van der Waals surface area (Å²) < 4.78 is -1.14. The minimum absolute atomic E-state index is 0. The van der Waals surface area contributed by atoms with Crippen LogP contribution in [0.4, 0.5) is 0 Å². The molecule has 74 valence electrons. The maximum absolute atomic E-state index is 2.53. The molecule has 0 aliphatic rings. The second kappa shape index (κ2) is 18.2. The Hall–Kier alpha value is 3.41. The van der Waals surface area contributed by atoms with Gasteiger partial charge >= 0.3 is 78.7 Å². The van der Waals surface area contributed by atoms with Gasteiger partial charge in [0.2, 0.25) is 0 Å². The van der Waals surface area contributed by atoms with E-state index in [1.807, 2.05) is 0 Å². The summed E-state index contributed by atoms with van der Waals surface area (Å²) in [5.41, 5.74) is 0. The molecule has 0 bridgehead atoms. The van der Waals surface area contributed by atoms with Crippen LogP contribution in [0.15, 0.2) is 0 Å². The summed E-state index contributed by atoms with van der Waals surface area (Å²) in [5, 5.41) is 0. The first-order chi connectivity index (χ1) is 2.00. The number of hydrogen-bond acceptors (Lipinski definition) is 0. The molecule has 0 atom stereocenters. The van der Waals surface area contributed by atoms with Crippen molar-refractivity contribution >= 4 is 77.4 Å². The summed E-state index contributed by atoms with van der Waals surface area (Å²) in [6.07, 6.45) is 0. The van der Waals surface area contributed by atoms with Gasteiger partial charge in [0.1, 0.15) is 0 Å². The summed E-state index contributed by atoms with van der Waals surface area (Å²) in [4.78, 5) is 0. The molecule has 0 radical (unpaired) electrons. The van der Waals surface area contributed by atoms with Crippen LogP contribution in [0.1, 0.15) is 0 Å². The van der Waals surface area contributed by atoms with E-state index in [9.17, 15) is 0 Å². The van der Waals surface area contributed by atoms with Gasteiger partial charge in [-0.05, 0) is 0 Å². The normalized spacial score (nSPS) is 7.60. The number of halogens is 4. The Morgan fingerprint density at radius 3 is 0.500 bits per heavy atom. The molecule has 0 aromatic heterocycles. The molecule has 0 fully saturated rings. The molecule has 0 unspecified atom stereocenters. The van der Waals surface area contributed by atoms with Crippen LogP contribution in [-0.4, -0.2) is 27.4 Å². The van der Waals surface area contributed by atoms with Crippen molar-refractivity contribution in [3.63, 3.8) is 0 Å². The van der Waals surface area contributed by atoms with Crippen molar-refractivity contribution in [1.82, 2.24) is 0 Å². The standard InChI is InChI=1S/4HI.Mo.5H2O/h4*1H;;5*1H2/q;;;;+4;;;;;/p-4. The van der Waals surface area contributed by atoms with E-state index in [0.29, 0.717) is 0 Å². The first kappa shape index (κ1) is 37.6. The maximum atomic E-state index is 2.53. The van der Waals surface area contributed by atoms with Gasteiger partial charge in [0.25, 0.3) is 0 Å². The molecule has 0 aliphatic carbocycles. The molecule has 0 aromatic rings.